The van der Waals surface area contributed by atoms with Crippen LogP contribution in [0.3, 0.4) is 0 Å². The fraction of sp³-hybridized carbons (Fsp3) is 0.133. The number of ether oxygens (including phenoxy) is 1. The standard InChI is InChI=1S/C15H11FO3/c16-13-8-10(1-3-12(13)15(17)18)9-2-4-14-11(7-9)5-6-19-14/h1-4,7-8H,5-6H2,(H,17,18). The first-order valence-electron chi connectivity index (χ1n) is 5.94. The van der Waals surface area contributed by atoms with Gasteiger partial charge in [-0.25, -0.2) is 9.18 Å². The number of fused-ring (bicyclic) bond motifs is 1. The van der Waals surface area contributed by atoms with Crippen molar-refractivity contribution in [1.29, 1.82) is 0 Å². The van der Waals surface area contributed by atoms with Crippen molar-refractivity contribution in [3.63, 3.8) is 0 Å². The summed E-state index contributed by atoms with van der Waals surface area (Å²) < 4.78 is 19.1. The molecule has 0 radical (unpaired) electrons. The lowest BCUT2D eigenvalue weighted by Crippen LogP contribution is -2.00. The Balaban J connectivity index is 2.03. The molecule has 4 heteroatoms. The smallest absolute Gasteiger partial charge is 0.338 e. The molecule has 0 fully saturated rings. The Hall–Kier alpha value is -2.36. The molecule has 2 aromatic carbocycles. The highest BCUT2D eigenvalue weighted by Gasteiger charge is 2.14. The first-order chi connectivity index (χ1) is 9.15. The Morgan fingerprint density at radius 1 is 1.16 bits per heavy atom. The van der Waals surface area contributed by atoms with Crippen LogP contribution in [0.2, 0.25) is 0 Å². The van der Waals surface area contributed by atoms with Crippen LogP contribution in [0.4, 0.5) is 4.39 Å². The number of benzene rings is 2. The summed E-state index contributed by atoms with van der Waals surface area (Å²) in [5.74, 6) is -1.11. The lowest BCUT2D eigenvalue weighted by Gasteiger charge is -2.06. The predicted molar refractivity (Wildman–Crippen MR) is 68.0 cm³/mol. The molecular weight excluding hydrogens is 247 g/mol. The zero-order valence-corrected chi connectivity index (χ0v) is 10.0. The lowest BCUT2D eigenvalue weighted by molar-refractivity contribution is 0.0692. The third-order valence-electron chi connectivity index (χ3n) is 3.22. The van der Waals surface area contributed by atoms with E-state index in [4.69, 9.17) is 9.84 Å². The normalized spacial score (nSPS) is 12.9. The van der Waals surface area contributed by atoms with Gasteiger partial charge in [0, 0.05) is 6.42 Å². The van der Waals surface area contributed by atoms with E-state index < -0.39 is 11.8 Å². The molecule has 3 rings (SSSR count). The molecule has 3 nitrogen and oxygen atoms in total. The van der Waals surface area contributed by atoms with Gasteiger partial charge in [0.1, 0.15) is 11.6 Å². The first kappa shape index (κ1) is 11.7. The molecule has 0 saturated carbocycles. The van der Waals surface area contributed by atoms with E-state index in [1.807, 2.05) is 18.2 Å². The predicted octanol–water partition coefficient (Wildman–Crippen LogP) is 3.13. The van der Waals surface area contributed by atoms with Crippen molar-refractivity contribution in [2.75, 3.05) is 6.61 Å². The Morgan fingerprint density at radius 2 is 1.89 bits per heavy atom. The third kappa shape index (κ3) is 2.05. The Labute approximate surface area is 109 Å². The maximum Gasteiger partial charge on any atom is 0.338 e. The van der Waals surface area contributed by atoms with Crippen molar-refractivity contribution >= 4 is 5.97 Å². The molecule has 96 valence electrons. The highest BCUT2D eigenvalue weighted by Crippen LogP contribution is 2.31. The summed E-state index contributed by atoms with van der Waals surface area (Å²) in [7, 11) is 0. The van der Waals surface area contributed by atoms with Crippen LogP contribution >= 0.6 is 0 Å². The Morgan fingerprint density at radius 3 is 2.63 bits per heavy atom. The second-order valence-corrected chi connectivity index (χ2v) is 4.42. The van der Waals surface area contributed by atoms with E-state index >= 15 is 0 Å². The number of aromatic carboxylic acids is 1. The van der Waals surface area contributed by atoms with Gasteiger partial charge < -0.3 is 9.84 Å². The molecule has 0 atom stereocenters. The zero-order valence-electron chi connectivity index (χ0n) is 10.0. The zero-order chi connectivity index (χ0) is 13.4. The van der Waals surface area contributed by atoms with Crippen molar-refractivity contribution in [2.24, 2.45) is 0 Å². The van der Waals surface area contributed by atoms with E-state index in [9.17, 15) is 9.18 Å². The van der Waals surface area contributed by atoms with Crippen LogP contribution in [0.1, 0.15) is 15.9 Å². The van der Waals surface area contributed by atoms with Gasteiger partial charge >= 0.3 is 5.97 Å². The van der Waals surface area contributed by atoms with Gasteiger partial charge in [0.2, 0.25) is 0 Å². The quantitative estimate of drug-likeness (QED) is 0.900. The van der Waals surface area contributed by atoms with E-state index in [2.05, 4.69) is 0 Å². The molecule has 1 N–H and O–H groups in total. The summed E-state index contributed by atoms with van der Waals surface area (Å²) >= 11 is 0. The van der Waals surface area contributed by atoms with Crippen molar-refractivity contribution in [3.05, 3.63) is 53.3 Å². The number of hydrogen-bond acceptors (Lipinski definition) is 2. The van der Waals surface area contributed by atoms with E-state index in [-0.39, 0.29) is 5.56 Å². The molecule has 2 aromatic rings. The average molecular weight is 258 g/mol. The molecule has 0 aromatic heterocycles. The van der Waals surface area contributed by atoms with Crippen molar-refractivity contribution in [2.45, 2.75) is 6.42 Å². The van der Waals surface area contributed by atoms with Gasteiger partial charge in [-0.2, -0.15) is 0 Å². The minimum Gasteiger partial charge on any atom is -0.493 e. The summed E-state index contributed by atoms with van der Waals surface area (Å²) in [6.07, 6.45) is 0.846. The van der Waals surface area contributed by atoms with Crippen LogP contribution in [0.15, 0.2) is 36.4 Å². The SMILES string of the molecule is O=C(O)c1ccc(-c2ccc3c(c2)CCO3)cc1F. The average Bonchev–Trinajstić information content (AvgIpc) is 2.85. The maximum atomic E-state index is 13.7. The molecule has 0 unspecified atom stereocenters. The van der Waals surface area contributed by atoms with E-state index in [0.717, 1.165) is 23.3 Å². The van der Waals surface area contributed by atoms with Gasteiger partial charge in [-0.3, -0.25) is 0 Å². The van der Waals surface area contributed by atoms with Gasteiger partial charge in [-0.15, -0.1) is 0 Å². The van der Waals surface area contributed by atoms with Gasteiger partial charge in [0.25, 0.3) is 0 Å². The summed E-state index contributed by atoms with van der Waals surface area (Å²) in [5, 5.41) is 8.80. The lowest BCUT2D eigenvalue weighted by atomic mass is 10.0. The van der Waals surface area contributed by atoms with Crippen LogP contribution < -0.4 is 4.74 Å². The van der Waals surface area contributed by atoms with Crippen LogP contribution in [-0.2, 0) is 6.42 Å². The topological polar surface area (TPSA) is 46.5 Å². The van der Waals surface area contributed by atoms with Crippen molar-refractivity contribution in [1.82, 2.24) is 0 Å². The number of carboxylic acids is 1. The second-order valence-electron chi connectivity index (χ2n) is 4.42. The summed E-state index contributed by atoms with van der Waals surface area (Å²) in [4.78, 5) is 10.8. The number of rotatable bonds is 2. The molecule has 1 aliphatic heterocycles. The molecule has 1 heterocycles. The minimum atomic E-state index is -1.26. The third-order valence-corrected chi connectivity index (χ3v) is 3.22. The second kappa shape index (κ2) is 4.39. The van der Waals surface area contributed by atoms with Crippen molar-refractivity contribution in [3.8, 4) is 16.9 Å². The number of hydrogen-bond donors (Lipinski definition) is 1. The largest absolute Gasteiger partial charge is 0.493 e. The maximum absolute atomic E-state index is 13.7. The van der Waals surface area contributed by atoms with E-state index in [1.54, 1.807) is 6.07 Å². The molecule has 0 aliphatic carbocycles. The Bertz CT molecular complexity index is 664. The number of carbonyl (C=O) groups is 1. The summed E-state index contributed by atoms with van der Waals surface area (Å²) in [5.41, 5.74) is 2.31. The molecule has 0 spiro atoms. The van der Waals surface area contributed by atoms with Crippen LogP contribution in [0.5, 0.6) is 5.75 Å². The highest BCUT2D eigenvalue weighted by molar-refractivity contribution is 5.88. The van der Waals surface area contributed by atoms with Gasteiger partial charge in [0.15, 0.2) is 0 Å². The summed E-state index contributed by atoms with van der Waals surface area (Å²) in [6, 6.07) is 9.82. The van der Waals surface area contributed by atoms with Crippen LogP contribution in [0.25, 0.3) is 11.1 Å². The van der Waals surface area contributed by atoms with Crippen molar-refractivity contribution < 1.29 is 19.0 Å². The van der Waals surface area contributed by atoms with Gasteiger partial charge in [0.05, 0.1) is 12.2 Å². The molecule has 0 bridgehead atoms. The van der Waals surface area contributed by atoms with Gasteiger partial charge in [-0.1, -0.05) is 12.1 Å². The molecule has 1 aliphatic rings. The Kier molecular flexibility index (Phi) is 2.71. The van der Waals surface area contributed by atoms with E-state index in [1.165, 1.54) is 12.1 Å². The summed E-state index contributed by atoms with van der Waals surface area (Å²) in [6.45, 7) is 0.672. The van der Waals surface area contributed by atoms with Crippen LogP contribution in [-0.4, -0.2) is 17.7 Å². The highest BCUT2D eigenvalue weighted by atomic mass is 19.1. The fourth-order valence-electron chi connectivity index (χ4n) is 2.23. The number of halogens is 1. The van der Waals surface area contributed by atoms with E-state index in [0.29, 0.717) is 12.2 Å². The van der Waals surface area contributed by atoms with Gasteiger partial charge in [-0.05, 0) is 41.0 Å². The van der Waals surface area contributed by atoms with Crippen LogP contribution in [0, 0.1) is 5.82 Å². The fourth-order valence-corrected chi connectivity index (χ4v) is 2.23. The monoisotopic (exact) mass is 258 g/mol. The number of carboxylic acid groups (broad SMARTS) is 1. The molecule has 0 amide bonds. The first-order valence-corrected chi connectivity index (χ1v) is 5.94. The molecule has 19 heavy (non-hydrogen) atoms. The minimum absolute atomic E-state index is 0.312. The molecule has 0 saturated heterocycles. The molecular formula is C15H11FO3.